The average molecular weight is 315 g/mol. The van der Waals surface area contributed by atoms with Crippen LogP contribution >= 0.6 is 0 Å². The van der Waals surface area contributed by atoms with Crippen molar-refractivity contribution < 1.29 is 9.47 Å². The van der Waals surface area contributed by atoms with E-state index >= 15 is 0 Å². The monoisotopic (exact) mass is 315 g/mol. The van der Waals surface area contributed by atoms with Crippen LogP contribution in [0.15, 0.2) is 6.07 Å². The molecular formula is C16H21N5O2. The third-order valence-electron chi connectivity index (χ3n) is 4.82. The summed E-state index contributed by atoms with van der Waals surface area (Å²) in [6, 6.07) is 4.18. The van der Waals surface area contributed by atoms with Crippen LogP contribution < -0.4 is 9.80 Å². The van der Waals surface area contributed by atoms with Crippen LogP contribution in [0.2, 0.25) is 0 Å². The number of fused-ring (bicyclic) bond motifs is 2. The fraction of sp³-hybridized carbons (Fsp3) is 0.688. The molecule has 23 heavy (non-hydrogen) atoms. The van der Waals surface area contributed by atoms with Crippen LogP contribution in [0.4, 0.5) is 11.5 Å². The molecule has 0 amide bonds. The second-order valence-electron chi connectivity index (χ2n) is 6.54. The maximum absolute atomic E-state index is 9.37. The van der Waals surface area contributed by atoms with Gasteiger partial charge in [0.05, 0.1) is 30.6 Å². The number of hydrogen-bond donors (Lipinski definition) is 0. The van der Waals surface area contributed by atoms with Crippen LogP contribution in [0.3, 0.4) is 0 Å². The quantitative estimate of drug-likeness (QED) is 0.804. The molecule has 0 saturated carbocycles. The van der Waals surface area contributed by atoms with Gasteiger partial charge in [-0.05, 0) is 19.8 Å². The first kappa shape index (κ1) is 14.7. The zero-order chi connectivity index (χ0) is 15.8. The molecule has 0 N–H and O–H groups in total. The highest BCUT2D eigenvalue weighted by molar-refractivity contribution is 5.61. The summed E-state index contributed by atoms with van der Waals surface area (Å²) in [6.07, 6.45) is 3.01. The first-order valence-corrected chi connectivity index (χ1v) is 8.27. The molecule has 3 unspecified atom stereocenters. The topological polar surface area (TPSA) is 74.5 Å². The molecule has 122 valence electrons. The molecule has 3 atom stereocenters. The summed E-state index contributed by atoms with van der Waals surface area (Å²) in [5.74, 6) is 0.846. The minimum atomic E-state index is 0.158. The molecule has 2 bridgehead atoms. The Balaban J connectivity index is 1.62. The Labute approximate surface area is 135 Å². The van der Waals surface area contributed by atoms with Gasteiger partial charge in [0.2, 0.25) is 0 Å². The highest BCUT2D eigenvalue weighted by Gasteiger charge is 2.34. The molecule has 3 aliphatic rings. The number of hydrogen-bond acceptors (Lipinski definition) is 7. The molecule has 0 spiro atoms. The molecule has 1 aromatic rings. The zero-order valence-electron chi connectivity index (χ0n) is 13.3. The lowest BCUT2D eigenvalue weighted by Gasteiger charge is -2.35. The smallest absolute Gasteiger partial charge is 0.186 e. The largest absolute Gasteiger partial charge is 0.375 e. The minimum absolute atomic E-state index is 0.158. The third-order valence-corrected chi connectivity index (χ3v) is 4.82. The number of rotatable bonds is 2. The van der Waals surface area contributed by atoms with Crippen molar-refractivity contribution in [3.05, 3.63) is 11.8 Å². The lowest BCUT2D eigenvalue weighted by molar-refractivity contribution is 0.0301. The van der Waals surface area contributed by atoms with Crippen molar-refractivity contribution >= 4 is 11.5 Å². The number of morpholine rings is 2. The van der Waals surface area contributed by atoms with Crippen LogP contribution in [0.5, 0.6) is 0 Å². The second kappa shape index (κ2) is 5.95. The van der Waals surface area contributed by atoms with Gasteiger partial charge in [0, 0.05) is 32.2 Å². The maximum atomic E-state index is 9.37. The molecule has 1 aromatic heterocycles. The van der Waals surface area contributed by atoms with Gasteiger partial charge in [-0.2, -0.15) is 5.26 Å². The highest BCUT2D eigenvalue weighted by Crippen LogP contribution is 2.31. The molecule has 0 radical (unpaired) electrons. The first-order valence-electron chi connectivity index (χ1n) is 8.27. The molecule has 4 heterocycles. The van der Waals surface area contributed by atoms with Crippen molar-refractivity contribution in [1.82, 2.24) is 10.2 Å². The van der Waals surface area contributed by atoms with E-state index in [9.17, 15) is 5.26 Å². The van der Waals surface area contributed by atoms with Gasteiger partial charge in [0.15, 0.2) is 11.5 Å². The number of ether oxygens (including phenoxy) is 2. The van der Waals surface area contributed by atoms with E-state index in [1.807, 2.05) is 13.0 Å². The van der Waals surface area contributed by atoms with Crippen molar-refractivity contribution in [2.75, 3.05) is 42.6 Å². The third kappa shape index (κ3) is 2.84. The molecule has 7 nitrogen and oxygen atoms in total. The summed E-state index contributed by atoms with van der Waals surface area (Å²) >= 11 is 0. The number of nitrogens with zero attached hydrogens (tertiary/aromatic N) is 5. The van der Waals surface area contributed by atoms with Crippen LogP contribution in [0.25, 0.3) is 0 Å². The Morgan fingerprint density at radius 1 is 1.17 bits per heavy atom. The maximum Gasteiger partial charge on any atom is 0.186 e. The number of aromatic nitrogens is 2. The fourth-order valence-corrected chi connectivity index (χ4v) is 3.69. The predicted molar refractivity (Wildman–Crippen MR) is 84.5 cm³/mol. The van der Waals surface area contributed by atoms with Crippen molar-refractivity contribution in [2.24, 2.45) is 0 Å². The van der Waals surface area contributed by atoms with Gasteiger partial charge in [-0.3, -0.25) is 0 Å². The summed E-state index contributed by atoms with van der Waals surface area (Å²) in [4.78, 5) is 4.42. The van der Waals surface area contributed by atoms with Crippen LogP contribution in [-0.2, 0) is 9.47 Å². The van der Waals surface area contributed by atoms with E-state index in [2.05, 4.69) is 26.1 Å². The van der Waals surface area contributed by atoms with E-state index in [0.29, 0.717) is 24.5 Å². The van der Waals surface area contributed by atoms with E-state index < -0.39 is 0 Å². The summed E-state index contributed by atoms with van der Waals surface area (Å²) < 4.78 is 11.5. The van der Waals surface area contributed by atoms with Crippen molar-refractivity contribution in [3.63, 3.8) is 0 Å². The standard InChI is InChI=1S/C16H21N5O2/c1-11-8-20(4-5-22-11)15-6-16(19-18-14(15)7-17)21-9-12-2-3-13(10-21)23-12/h6,11-13H,2-5,8-10H2,1H3. The molecule has 3 aliphatic heterocycles. The lowest BCUT2D eigenvalue weighted by atomic mass is 10.2. The summed E-state index contributed by atoms with van der Waals surface area (Å²) in [5.41, 5.74) is 1.26. The first-order chi connectivity index (χ1) is 11.2. The second-order valence-corrected chi connectivity index (χ2v) is 6.54. The summed E-state index contributed by atoms with van der Waals surface area (Å²) in [5, 5.41) is 17.8. The molecular weight excluding hydrogens is 294 g/mol. The molecule has 3 saturated heterocycles. The minimum Gasteiger partial charge on any atom is -0.375 e. The van der Waals surface area contributed by atoms with Gasteiger partial charge < -0.3 is 19.3 Å². The molecule has 0 aromatic carbocycles. The Hall–Kier alpha value is -1.91. The van der Waals surface area contributed by atoms with Crippen LogP contribution in [0, 0.1) is 11.3 Å². The summed E-state index contributed by atoms with van der Waals surface area (Å²) in [6.45, 7) is 5.98. The molecule has 3 fully saturated rings. The van der Waals surface area contributed by atoms with Gasteiger partial charge in [-0.1, -0.05) is 0 Å². The predicted octanol–water partition coefficient (Wildman–Crippen LogP) is 0.941. The fourth-order valence-electron chi connectivity index (χ4n) is 3.69. The number of anilines is 2. The van der Waals surface area contributed by atoms with E-state index in [0.717, 1.165) is 50.5 Å². The van der Waals surface area contributed by atoms with Crippen LogP contribution in [0.1, 0.15) is 25.5 Å². The van der Waals surface area contributed by atoms with Gasteiger partial charge in [-0.25, -0.2) is 0 Å². The highest BCUT2D eigenvalue weighted by atomic mass is 16.5. The van der Waals surface area contributed by atoms with E-state index in [4.69, 9.17) is 9.47 Å². The average Bonchev–Trinajstić information content (AvgIpc) is 2.92. The van der Waals surface area contributed by atoms with Gasteiger partial charge in [0.1, 0.15) is 6.07 Å². The van der Waals surface area contributed by atoms with Gasteiger partial charge in [0.25, 0.3) is 0 Å². The van der Waals surface area contributed by atoms with Crippen molar-refractivity contribution in [1.29, 1.82) is 5.26 Å². The number of nitriles is 1. The Bertz CT molecular complexity index is 619. The molecule has 4 rings (SSSR count). The van der Waals surface area contributed by atoms with Crippen LogP contribution in [-0.4, -0.2) is 61.3 Å². The van der Waals surface area contributed by atoms with E-state index in [-0.39, 0.29) is 6.10 Å². The zero-order valence-corrected chi connectivity index (χ0v) is 13.3. The lowest BCUT2D eigenvalue weighted by Crippen LogP contribution is -2.44. The van der Waals surface area contributed by atoms with E-state index in [1.54, 1.807) is 0 Å². The molecule has 7 heteroatoms. The SMILES string of the molecule is CC1CN(c2cc(N3CC4CCC(C3)O4)nnc2C#N)CCO1. The molecule has 0 aliphatic carbocycles. The van der Waals surface area contributed by atoms with Crippen molar-refractivity contribution in [3.8, 4) is 6.07 Å². The van der Waals surface area contributed by atoms with Gasteiger partial charge >= 0.3 is 0 Å². The van der Waals surface area contributed by atoms with E-state index in [1.165, 1.54) is 0 Å². The Kier molecular flexibility index (Phi) is 3.79. The van der Waals surface area contributed by atoms with Gasteiger partial charge in [-0.15, -0.1) is 10.2 Å². The summed E-state index contributed by atoms with van der Waals surface area (Å²) in [7, 11) is 0. The normalized spacial score (nSPS) is 30.3. The Morgan fingerprint density at radius 2 is 1.96 bits per heavy atom. The Morgan fingerprint density at radius 3 is 2.65 bits per heavy atom. The van der Waals surface area contributed by atoms with Crippen molar-refractivity contribution in [2.45, 2.75) is 38.1 Å².